The van der Waals surface area contributed by atoms with Crippen molar-refractivity contribution in [2.24, 2.45) is 0 Å². The normalized spacial score (nSPS) is 10.1. The number of nitrogens with zero attached hydrogens (tertiary/aromatic N) is 2. The van der Waals surface area contributed by atoms with E-state index in [4.69, 9.17) is 4.74 Å². The Morgan fingerprint density at radius 3 is 2.48 bits per heavy atom. The zero-order chi connectivity index (χ0) is 19.1. The lowest BCUT2D eigenvalue weighted by Crippen LogP contribution is -2.15. The monoisotopic (exact) mass is 360 g/mol. The lowest BCUT2D eigenvalue weighted by atomic mass is 10.2. The molecule has 0 bridgehead atoms. The molecular weight excluding hydrogens is 340 g/mol. The van der Waals surface area contributed by atoms with Gasteiger partial charge in [0.1, 0.15) is 28.8 Å². The maximum absolute atomic E-state index is 12.5. The van der Waals surface area contributed by atoms with Gasteiger partial charge in [-0.05, 0) is 43.3 Å². The van der Waals surface area contributed by atoms with Crippen LogP contribution in [0, 0.1) is 6.92 Å². The molecule has 27 heavy (non-hydrogen) atoms. The summed E-state index contributed by atoms with van der Waals surface area (Å²) in [5, 5.41) is 5.89. The first-order chi connectivity index (χ1) is 13.1. The molecule has 0 saturated carbocycles. The van der Waals surface area contributed by atoms with Crippen LogP contribution in [0.4, 0.5) is 11.5 Å². The summed E-state index contributed by atoms with van der Waals surface area (Å²) in [6.07, 6.45) is 1.72. The number of para-hydroxylation sites is 1. The van der Waals surface area contributed by atoms with Crippen molar-refractivity contribution in [3.63, 3.8) is 0 Å². The maximum atomic E-state index is 12.5. The van der Waals surface area contributed by atoms with Crippen LogP contribution in [0.1, 0.15) is 16.3 Å². The molecule has 0 aliphatic heterocycles. The Hall–Kier alpha value is -3.67. The lowest BCUT2D eigenvalue weighted by Gasteiger charge is -2.09. The molecule has 3 rings (SSSR count). The molecule has 0 fully saturated rings. The van der Waals surface area contributed by atoms with Gasteiger partial charge in [0.25, 0.3) is 5.91 Å². The Morgan fingerprint density at radius 1 is 1.07 bits per heavy atom. The average molecular weight is 360 g/mol. The zero-order valence-corrected chi connectivity index (χ0v) is 15.0. The van der Waals surface area contributed by atoms with E-state index in [1.807, 2.05) is 30.3 Å². The van der Waals surface area contributed by atoms with Crippen LogP contribution in [0.5, 0.6) is 11.5 Å². The number of anilines is 2. The molecule has 0 radical (unpaired) electrons. The third-order valence-corrected chi connectivity index (χ3v) is 3.59. The van der Waals surface area contributed by atoms with Gasteiger partial charge in [-0.1, -0.05) is 24.3 Å². The number of hydrogen-bond acceptors (Lipinski definition) is 5. The summed E-state index contributed by atoms with van der Waals surface area (Å²) in [7, 11) is 0. The highest BCUT2D eigenvalue weighted by Gasteiger charge is 2.11. The Kier molecular flexibility index (Phi) is 5.79. The van der Waals surface area contributed by atoms with Crippen molar-refractivity contribution in [3.05, 3.63) is 84.8 Å². The summed E-state index contributed by atoms with van der Waals surface area (Å²) in [4.78, 5) is 20.9. The molecule has 1 amide bonds. The lowest BCUT2D eigenvalue weighted by molar-refractivity contribution is 0.102. The molecule has 1 aromatic heterocycles. The number of nitrogens with one attached hydrogen (secondary N) is 2. The SMILES string of the molecule is C=CCNc1cc(C(=O)Nc2ccc(Oc3ccccc3)cc2)nc(C)n1. The van der Waals surface area contributed by atoms with Crippen LogP contribution in [0.15, 0.2) is 73.3 Å². The first-order valence-corrected chi connectivity index (χ1v) is 8.49. The standard InChI is InChI=1S/C21H20N4O2/c1-3-13-22-20-14-19(23-15(2)24-20)21(26)25-16-9-11-18(12-10-16)27-17-7-5-4-6-8-17/h3-12,14H,1,13H2,2H3,(H,25,26)(H,22,23,24). The molecule has 0 atom stereocenters. The quantitative estimate of drug-likeness (QED) is 0.610. The van der Waals surface area contributed by atoms with Crippen molar-refractivity contribution in [2.75, 3.05) is 17.2 Å². The Morgan fingerprint density at radius 2 is 1.78 bits per heavy atom. The molecule has 6 heteroatoms. The van der Waals surface area contributed by atoms with Gasteiger partial charge < -0.3 is 15.4 Å². The molecule has 0 aliphatic rings. The van der Waals surface area contributed by atoms with Gasteiger partial charge in [-0.3, -0.25) is 4.79 Å². The number of amides is 1. The van der Waals surface area contributed by atoms with Gasteiger partial charge in [0.15, 0.2) is 0 Å². The highest BCUT2D eigenvalue weighted by molar-refractivity contribution is 6.03. The van der Waals surface area contributed by atoms with Crippen molar-refractivity contribution in [1.29, 1.82) is 0 Å². The third kappa shape index (κ3) is 5.15. The van der Waals surface area contributed by atoms with Crippen LogP contribution in [-0.4, -0.2) is 22.4 Å². The second-order valence-electron chi connectivity index (χ2n) is 5.75. The van der Waals surface area contributed by atoms with E-state index >= 15 is 0 Å². The molecule has 2 N–H and O–H groups in total. The summed E-state index contributed by atoms with van der Waals surface area (Å²) < 4.78 is 5.74. The minimum absolute atomic E-state index is 0.290. The van der Waals surface area contributed by atoms with Gasteiger partial charge in [-0.2, -0.15) is 0 Å². The molecular formula is C21H20N4O2. The van der Waals surface area contributed by atoms with Gasteiger partial charge in [0.2, 0.25) is 0 Å². The summed E-state index contributed by atoms with van der Waals surface area (Å²) in [5.74, 6) is 2.23. The number of ether oxygens (including phenoxy) is 1. The highest BCUT2D eigenvalue weighted by Crippen LogP contribution is 2.22. The van der Waals surface area contributed by atoms with Crippen LogP contribution in [0.2, 0.25) is 0 Å². The Balaban J connectivity index is 1.67. The smallest absolute Gasteiger partial charge is 0.274 e. The van der Waals surface area contributed by atoms with Gasteiger partial charge in [-0.25, -0.2) is 9.97 Å². The first kappa shape index (κ1) is 18.1. The summed E-state index contributed by atoms with van der Waals surface area (Å²) in [6.45, 7) is 5.95. The van der Waals surface area contributed by atoms with Crippen LogP contribution < -0.4 is 15.4 Å². The number of hydrogen-bond donors (Lipinski definition) is 2. The van der Waals surface area contributed by atoms with Crippen molar-refractivity contribution in [1.82, 2.24) is 9.97 Å². The van der Waals surface area contributed by atoms with Gasteiger partial charge in [0, 0.05) is 18.3 Å². The number of carbonyl (C=O) groups is 1. The topological polar surface area (TPSA) is 76.1 Å². The molecule has 2 aromatic carbocycles. The molecule has 136 valence electrons. The van der Waals surface area contributed by atoms with Crippen LogP contribution in [0.25, 0.3) is 0 Å². The summed E-state index contributed by atoms with van der Waals surface area (Å²) >= 11 is 0. The molecule has 6 nitrogen and oxygen atoms in total. The minimum atomic E-state index is -0.307. The van der Waals surface area contributed by atoms with E-state index in [1.54, 1.807) is 43.3 Å². The largest absolute Gasteiger partial charge is 0.457 e. The average Bonchev–Trinajstić information content (AvgIpc) is 2.68. The molecule has 1 heterocycles. The highest BCUT2D eigenvalue weighted by atomic mass is 16.5. The predicted molar refractivity (Wildman–Crippen MR) is 106 cm³/mol. The number of aryl methyl sites for hydroxylation is 1. The fourth-order valence-corrected chi connectivity index (χ4v) is 2.38. The second-order valence-corrected chi connectivity index (χ2v) is 5.75. The van der Waals surface area contributed by atoms with E-state index < -0.39 is 0 Å². The molecule has 0 saturated heterocycles. The molecule has 0 unspecified atom stereocenters. The fourth-order valence-electron chi connectivity index (χ4n) is 2.38. The summed E-state index contributed by atoms with van der Waals surface area (Å²) in [5.41, 5.74) is 0.941. The Bertz CT molecular complexity index is 925. The van der Waals surface area contributed by atoms with Crippen LogP contribution in [-0.2, 0) is 0 Å². The predicted octanol–water partition coefficient (Wildman–Crippen LogP) is 4.43. The second kappa shape index (κ2) is 8.62. The van der Waals surface area contributed by atoms with Crippen molar-refractivity contribution in [3.8, 4) is 11.5 Å². The summed E-state index contributed by atoms with van der Waals surface area (Å²) in [6, 6.07) is 18.3. The minimum Gasteiger partial charge on any atom is -0.457 e. The van der Waals surface area contributed by atoms with Crippen molar-refractivity contribution < 1.29 is 9.53 Å². The molecule has 0 spiro atoms. The van der Waals surface area contributed by atoms with Crippen LogP contribution >= 0.6 is 0 Å². The third-order valence-electron chi connectivity index (χ3n) is 3.59. The van der Waals surface area contributed by atoms with Crippen LogP contribution in [0.3, 0.4) is 0 Å². The number of aromatic nitrogens is 2. The van der Waals surface area contributed by atoms with Gasteiger partial charge in [-0.15, -0.1) is 6.58 Å². The van der Waals surface area contributed by atoms with E-state index in [1.165, 1.54) is 0 Å². The van der Waals surface area contributed by atoms with E-state index in [0.717, 1.165) is 5.75 Å². The van der Waals surface area contributed by atoms with E-state index in [9.17, 15) is 4.79 Å². The Labute approximate surface area is 157 Å². The first-order valence-electron chi connectivity index (χ1n) is 8.49. The number of rotatable bonds is 7. The number of carbonyl (C=O) groups excluding carboxylic acids is 1. The van der Waals surface area contributed by atoms with Gasteiger partial charge in [0.05, 0.1) is 0 Å². The van der Waals surface area contributed by atoms with Crippen molar-refractivity contribution >= 4 is 17.4 Å². The number of benzene rings is 2. The van der Waals surface area contributed by atoms with E-state index in [0.29, 0.717) is 35.3 Å². The molecule has 0 aliphatic carbocycles. The van der Waals surface area contributed by atoms with E-state index in [2.05, 4.69) is 27.2 Å². The maximum Gasteiger partial charge on any atom is 0.274 e. The molecule has 3 aromatic rings. The van der Waals surface area contributed by atoms with Crippen molar-refractivity contribution in [2.45, 2.75) is 6.92 Å². The fraction of sp³-hybridized carbons (Fsp3) is 0.0952. The van der Waals surface area contributed by atoms with E-state index in [-0.39, 0.29) is 5.91 Å². The van der Waals surface area contributed by atoms with Gasteiger partial charge >= 0.3 is 0 Å². The zero-order valence-electron chi connectivity index (χ0n) is 15.0.